The summed E-state index contributed by atoms with van der Waals surface area (Å²) in [5.74, 6) is 0.0558. The number of aliphatic hydroxyl groups is 1. The summed E-state index contributed by atoms with van der Waals surface area (Å²) in [6.07, 6.45) is 5.61. The Labute approximate surface area is 121 Å². The molecule has 0 aromatic heterocycles. The van der Waals surface area contributed by atoms with Crippen molar-refractivity contribution < 1.29 is 14.6 Å². The van der Waals surface area contributed by atoms with E-state index in [2.05, 4.69) is 0 Å². The van der Waals surface area contributed by atoms with E-state index in [9.17, 15) is 9.90 Å². The number of carbonyl (C=O) groups is 1. The highest BCUT2D eigenvalue weighted by Gasteiger charge is 2.26. The molecule has 20 heavy (non-hydrogen) atoms. The molecule has 0 heterocycles. The molecule has 1 aliphatic rings. The molecular formula is C17H24O3. The van der Waals surface area contributed by atoms with Gasteiger partial charge < -0.3 is 9.84 Å². The molecule has 1 fully saturated rings. The van der Waals surface area contributed by atoms with E-state index in [0.717, 1.165) is 18.4 Å². The van der Waals surface area contributed by atoms with Crippen LogP contribution in [0.4, 0.5) is 0 Å². The zero-order valence-corrected chi connectivity index (χ0v) is 12.1. The molecule has 2 rings (SSSR count). The third-order valence-corrected chi connectivity index (χ3v) is 4.13. The van der Waals surface area contributed by atoms with Gasteiger partial charge in [0.2, 0.25) is 0 Å². The van der Waals surface area contributed by atoms with E-state index in [4.69, 9.17) is 4.74 Å². The van der Waals surface area contributed by atoms with Crippen LogP contribution in [0, 0.1) is 5.92 Å². The van der Waals surface area contributed by atoms with Crippen molar-refractivity contribution in [1.82, 2.24) is 0 Å². The Kier molecular flexibility index (Phi) is 5.60. The second-order valence-electron chi connectivity index (χ2n) is 5.71. The molecule has 1 N–H and O–H groups in total. The van der Waals surface area contributed by atoms with E-state index in [1.165, 1.54) is 26.2 Å². The molecule has 0 saturated heterocycles. The fourth-order valence-electron chi connectivity index (χ4n) is 3.05. The SMILES string of the molecule is CC(=O)O[C@@H](C[C@@H](O)C1CCCCC1)c1ccccc1. The minimum Gasteiger partial charge on any atom is -0.458 e. The Bertz CT molecular complexity index is 410. The first-order valence-electron chi connectivity index (χ1n) is 7.57. The molecule has 0 spiro atoms. The molecule has 3 nitrogen and oxygen atoms in total. The lowest BCUT2D eigenvalue weighted by molar-refractivity contribution is -0.148. The molecule has 1 aliphatic carbocycles. The van der Waals surface area contributed by atoms with Crippen LogP contribution in [-0.2, 0) is 9.53 Å². The van der Waals surface area contributed by atoms with Crippen molar-refractivity contribution in [3.8, 4) is 0 Å². The van der Waals surface area contributed by atoms with Gasteiger partial charge in [0.05, 0.1) is 6.10 Å². The second-order valence-corrected chi connectivity index (χ2v) is 5.71. The summed E-state index contributed by atoms with van der Waals surface area (Å²) in [6, 6.07) is 9.69. The summed E-state index contributed by atoms with van der Waals surface area (Å²) in [7, 11) is 0. The number of rotatable bonds is 5. The number of hydrogen-bond donors (Lipinski definition) is 1. The summed E-state index contributed by atoms with van der Waals surface area (Å²) in [5, 5.41) is 10.4. The first-order valence-corrected chi connectivity index (χ1v) is 7.57. The van der Waals surface area contributed by atoms with Crippen LogP contribution in [0.25, 0.3) is 0 Å². The third-order valence-electron chi connectivity index (χ3n) is 4.13. The largest absolute Gasteiger partial charge is 0.458 e. The van der Waals surface area contributed by atoms with Crippen molar-refractivity contribution in [3.63, 3.8) is 0 Å². The van der Waals surface area contributed by atoms with Crippen molar-refractivity contribution in [1.29, 1.82) is 0 Å². The van der Waals surface area contributed by atoms with E-state index < -0.39 is 0 Å². The van der Waals surface area contributed by atoms with E-state index in [1.807, 2.05) is 30.3 Å². The van der Waals surface area contributed by atoms with Crippen molar-refractivity contribution in [2.24, 2.45) is 5.92 Å². The van der Waals surface area contributed by atoms with Crippen LogP contribution in [0.2, 0.25) is 0 Å². The van der Waals surface area contributed by atoms with E-state index in [-0.39, 0.29) is 18.2 Å². The first kappa shape index (κ1) is 15.0. The lowest BCUT2D eigenvalue weighted by Crippen LogP contribution is -2.26. The van der Waals surface area contributed by atoms with Gasteiger partial charge in [0.25, 0.3) is 0 Å². The van der Waals surface area contributed by atoms with Gasteiger partial charge in [-0.1, -0.05) is 49.6 Å². The normalized spacial score (nSPS) is 19.3. The monoisotopic (exact) mass is 276 g/mol. The summed E-state index contributed by atoms with van der Waals surface area (Å²) in [6.45, 7) is 1.42. The fourth-order valence-corrected chi connectivity index (χ4v) is 3.05. The minimum atomic E-state index is -0.389. The molecule has 2 atom stereocenters. The Balaban J connectivity index is 2.01. The van der Waals surface area contributed by atoms with Crippen LogP contribution in [0.5, 0.6) is 0 Å². The van der Waals surface area contributed by atoms with Gasteiger partial charge in [-0.25, -0.2) is 0 Å². The van der Waals surface area contributed by atoms with E-state index in [0.29, 0.717) is 12.3 Å². The first-order chi connectivity index (χ1) is 9.66. The van der Waals surface area contributed by atoms with Crippen molar-refractivity contribution in [2.45, 2.75) is 57.7 Å². The Morgan fingerprint density at radius 3 is 2.50 bits per heavy atom. The molecule has 1 aromatic carbocycles. The summed E-state index contributed by atoms with van der Waals surface area (Å²) < 4.78 is 5.40. The standard InChI is InChI=1S/C17H24O3/c1-13(18)20-17(15-10-6-3-7-11-15)12-16(19)14-8-4-2-5-9-14/h3,6-7,10-11,14,16-17,19H,2,4-5,8-9,12H2,1H3/t16-,17+/m1/s1. The average Bonchev–Trinajstić information content (AvgIpc) is 2.48. The Hall–Kier alpha value is -1.35. The predicted octanol–water partition coefficient (Wildman–Crippen LogP) is 3.62. The molecule has 1 saturated carbocycles. The zero-order chi connectivity index (χ0) is 14.4. The maximum atomic E-state index is 11.3. The minimum absolute atomic E-state index is 0.297. The molecule has 0 amide bonds. The highest BCUT2D eigenvalue weighted by molar-refractivity contribution is 5.66. The van der Waals surface area contributed by atoms with Crippen molar-refractivity contribution in [3.05, 3.63) is 35.9 Å². The van der Waals surface area contributed by atoms with Gasteiger partial charge in [0.1, 0.15) is 6.10 Å². The van der Waals surface area contributed by atoms with E-state index >= 15 is 0 Å². The lowest BCUT2D eigenvalue weighted by Gasteiger charge is -2.29. The smallest absolute Gasteiger partial charge is 0.303 e. The van der Waals surface area contributed by atoms with Crippen LogP contribution in [0.1, 0.15) is 57.1 Å². The van der Waals surface area contributed by atoms with Gasteiger partial charge in [-0.05, 0) is 24.3 Å². The topological polar surface area (TPSA) is 46.5 Å². The molecular weight excluding hydrogens is 252 g/mol. The van der Waals surface area contributed by atoms with E-state index in [1.54, 1.807) is 0 Å². The van der Waals surface area contributed by atoms with Gasteiger partial charge in [0.15, 0.2) is 0 Å². The maximum absolute atomic E-state index is 11.3. The Morgan fingerprint density at radius 2 is 1.90 bits per heavy atom. The number of esters is 1. The second kappa shape index (κ2) is 7.44. The predicted molar refractivity (Wildman–Crippen MR) is 78.1 cm³/mol. The number of aliphatic hydroxyl groups excluding tert-OH is 1. The summed E-state index contributed by atoms with van der Waals surface area (Å²) in [5.41, 5.74) is 0.956. The fraction of sp³-hybridized carbons (Fsp3) is 0.588. The summed E-state index contributed by atoms with van der Waals surface area (Å²) >= 11 is 0. The van der Waals surface area contributed by atoms with Crippen molar-refractivity contribution in [2.75, 3.05) is 0 Å². The number of carbonyl (C=O) groups excluding carboxylic acids is 1. The highest BCUT2D eigenvalue weighted by atomic mass is 16.5. The highest BCUT2D eigenvalue weighted by Crippen LogP contribution is 2.32. The lowest BCUT2D eigenvalue weighted by atomic mass is 9.83. The molecule has 0 unspecified atom stereocenters. The molecule has 3 heteroatoms. The number of ether oxygens (including phenoxy) is 1. The molecule has 110 valence electrons. The van der Waals surface area contributed by atoms with Crippen LogP contribution >= 0.6 is 0 Å². The summed E-state index contributed by atoms with van der Waals surface area (Å²) in [4.78, 5) is 11.3. The number of hydrogen-bond acceptors (Lipinski definition) is 3. The van der Waals surface area contributed by atoms with Crippen LogP contribution < -0.4 is 0 Å². The van der Waals surface area contributed by atoms with Gasteiger partial charge in [-0.15, -0.1) is 0 Å². The average molecular weight is 276 g/mol. The maximum Gasteiger partial charge on any atom is 0.303 e. The molecule has 0 aliphatic heterocycles. The quantitative estimate of drug-likeness (QED) is 0.835. The van der Waals surface area contributed by atoms with Crippen LogP contribution in [0.15, 0.2) is 30.3 Å². The van der Waals surface area contributed by atoms with Crippen LogP contribution in [0.3, 0.4) is 0 Å². The van der Waals surface area contributed by atoms with Crippen LogP contribution in [-0.4, -0.2) is 17.2 Å². The molecule has 0 bridgehead atoms. The molecule has 1 aromatic rings. The van der Waals surface area contributed by atoms with Gasteiger partial charge >= 0.3 is 5.97 Å². The van der Waals surface area contributed by atoms with Crippen molar-refractivity contribution >= 4 is 5.97 Å². The third kappa shape index (κ3) is 4.34. The number of benzene rings is 1. The van der Waals surface area contributed by atoms with Gasteiger partial charge in [0, 0.05) is 13.3 Å². The molecule has 0 radical (unpaired) electrons. The van der Waals surface area contributed by atoms with Gasteiger partial charge in [-0.2, -0.15) is 0 Å². The van der Waals surface area contributed by atoms with Gasteiger partial charge in [-0.3, -0.25) is 4.79 Å². The zero-order valence-electron chi connectivity index (χ0n) is 12.1. The Morgan fingerprint density at radius 1 is 1.25 bits per heavy atom.